The molecule has 0 saturated heterocycles. The topological polar surface area (TPSA) is 9.23 Å². The number of ether oxygens (including phenoxy) is 1. The Morgan fingerprint density at radius 1 is 0.578 bits per heavy atom. The van der Waals surface area contributed by atoms with Crippen molar-refractivity contribution in [2.75, 3.05) is 0 Å². The van der Waals surface area contributed by atoms with Crippen LogP contribution >= 0.6 is 0 Å². The van der Waals surface area contributed by atoms with Gasteiger partial charge in [0.15, 0.2) is 0 Å². The summed E-state index contributed by atoms with van der Waals surface area (Å²) in [6, 6.07) is 29.6. The van der Waals surface area contributed by atoms with Crippen molar-refractivity contribution in [2.45, 2.75) is 24.8 Å². The molecule has 45 heavy (non-hydrogen) atoms. The molecule has 0 spiro atoms. The van der Waals surface area contributed by atoms with Crippen LogP contribution in [0.15, 0.2) is 158 Å². The van der Waals surface area contributed by atoms with Gasteiger partial charge in [0, 0.05) is 14.2 Å². The highest BCUT2D eigenvalue weighted by molar-refractivity contribution is 6.19. The lowest BCUT2D eigenvalue weighted by Gasteiger charge is -2.26. The van der Waals surface area contributed by atoms with Gasteiger partial charge in [0.25, 0.3) is 0 Å². The zero-order chi connectivity index (χ0) is 39.3. The number of fused-ring (bicyclic) bond motifs is 5. The number of allylic oxidation sites excluding steroid dienone is 1. The lowest BCUT2D eigenvalue weighted by Crippen LogP contribution is -2.21. The normalized spacial score (nSPS) is 24.0. The van der Waals surface area contributed by atoms with E-state index in [1.165, 1.54) is 0 Å². The van der Waals surface area contributed by atoms with E-state index >= 15 is 0 Å². The molecule has 0 N–H and O–H groups in total. The Bertz CT molecular complexity index is 2750. The van der Waals surface area contributed by atoms with E-state index in [1.54, 1.807) is 0 Å². The zero-order valence-corrected chi connectivity index (χ0v) is 24.0. The number of hydrogen-bond donors (Lipinski definition) is 0. The highest BCUT2D eigenvalue weighted by Crippen LogP contribution is 2.50. The van der Waals surface area contributed by atoms with Gasteiger partial charge in [-0.2, -0.15) is 0 Å². The Hall–Kier alpha value is -5.40. The van der Waals surface area contributed by atoms with E-state index in [2.05, 4.69) is 30.3 Å². The van der Waals surface area contributed by atoms with E-state index < -0.39 is 78.7 Å². The third kappa shape index (κ3) is 4.38. The van der Waals surface area contributed by atoms with Crippen LogP contribution in [0, 0.1) is 0 Å². The third-order valence-electron chi connectivity index (χ3n) is 8.67. The Morgan fingerprint density at radius 2 is 1.22 bits per heavy atom. The minimum absolute atomic E-state index is 0.0470. The average Bonchev–Trinajstić information content (AvgIpc) is 3.64. The second-order valence-corrected chi connectivity index (χ2v) is 11.3. The van der Waals surface area contributed by atoms with Crippen LogP contribution in [0.25, 0.3) is 60.5 Å². The van der Waals surface area contributed by atoms with Crippen molar-refractivity contribution >= 4 is 27.1 Å². The SMILES string of the molecule is [2H]C1=C(c2c3ccccc3c(-c3cccc(-c4ccccc4)c3)c3ccccc23)C([2H])C([2H])C2Oc3c([2H])c(-c4c([2H])c([2H])c([2H])c([2H])c4[2H])c([2H])c([2H])c3C12. The van der Waals surface area contributed by atoms with Gasteiger partial charge in [0.2, 0.25) is 0 Å². The van der Waals surface area contributed by atoms with Crippen LogP contribution < -0.4 is 4.74 Å². The van der Waals surface area contributed by atoms with Gasteiger partial charge in [0.05, 0.1) is 12.3 Å². The second kappa shape index (κ2) is 10.6. The Balaban J connectivity index is 1.29. The molecule has 0 radical (unpaired) electrons. The Kier molecular flexibility index (Phi) is 4.06. The number of benzene rings is 7. The first-order valence-electron chi connectivity index (χ1n) is 20.6. The summed E-state index contributed by atoms with van der Waals surface area (Å²) >= 11 is 0. The summed E-state index contributed by atoms with van der Waals surface area (Å²) in [4.78, 5) is 0. The average molecular weight is 588 g/mol. The van der Waals surface area contributed by atoms with Crippen LogP contribution in [0.3, 0.4) is 0 Å². The maximum absolute atomic E-state index is 9.80. The fourth-order valence-corrected chi connectivity index (χ4v) is 6.66. The number of hydrogen-bond acceptors (Lipinski definition) is 1. The number of rotatable bonds is 4. The minimum Gasteiger partial charge on any atom is -0.489 e. The first-order chi connectivity index (χ1) is 26.9. The molecule has 2 aliphatic rings. The molecular weight excluding hydrogens is 544 g/mol. The van der Waals surface area contributed by atoms with Gasteiger partial charge < -0.3 is 4.74 Å². The van der Waals surface area contributed by atoms with Crippen LogP contribution in [-0.4, -0.2) is 6.10 Å². The van der Waals surface area contributed by atoms with Crippen molar-refractivity contribution in [2.24, 2.45) is 0 Å². The van der Waals surface area contributed by atoms with E-state index in [9.17, 15) is 6.85 Å². The monoisotopic (exact) mass is 587 g/mol. The molecule has 4 unspecified atom stereocenters. The van der Waals surface area contributed by atoms with Gasteiger partial charge in [-0.25, -0.2) is 0 Å². The maximum Gasteiger partial charge on any atom is 0.124 e. The quantitative estimate of drug-likeness (QED) is 0.186. The molecular formula is C44H32O. The minimum atomic E-state index is -1.27. The van der Waals surface area contributed by atoms with E-state index in [1.807, 2.05) is 72.8 Å². The first kappa shape index (κ1) is 17.2. The molecule has 1 nitrogen and oxygen atoms in total. The third-order valence-corrected chi connectivity index (χ3v) is 8.67. The molecule has 4 atom stereocenters. The van der Waals surface area contributed by atoms with Gasteiger partial charge in [-0.15, -0.1) is 0 Å². The highest BCUT2D eigenvalue weighted by atomic mass is 16.5. The molecule has 1 heteroatoms. The summed E-state index contributed by atoms with van der Waals surface area (Å²) < 4.78 is 104. The van der Waals surface area contributed by atoms with Gasteiger partial charge in [-0.3, -0.25) is 0 Å². The fourth-order valence-electron chi connectivity index (χ4n) is 6.66. The molecule has 0 saturated carbocycles. The lowest BCUT2D eigenvalue weighted by molar-refractivity contribution is 0.206. The Morgan fingerprint density at radius 3 is 1.96 bits per heavy atom. The summed E-state index contributed by atoms with van der Waals surface area (Å²) in [6.45, 7) is 0. The predicted molar refractivity (Wildman–Crippen MR) is 189 cm³/mol. The van der Waals surface area contributed by atoms with Crippen LogP contribution in [0.1, 0.15) is 44.9 Å². The molecule has 1 aliphatic heterocycles. The van der Waals surface area contributed by atoms with Gasteiger partial charge in [-0.05, 0) is 91.0 Å². The van der Waals surface area contributed by atoms with Crippen molar-refractivity contribution in [3.8, 4) is 39.1 Å². The van der Waals surface area contributed by atoms with Gasteiger partial charge in [-0.1, -0.05) is 145 Å². The van der Waals surface area contributed by atoms with Crippen LogP contribution in [0.2, 0.25) is 0 Å². The molecule has 1 heterocycles. The van der Waals surface area contributed by atoms with Crippen molar-refractivity contribution in [1.29, 1.82) is 0 Å². The summed E-state index contributed by atoms with van der Waals surface area (Å²) in [5, 5.41) is 3.38. The molecule has 9 rings (SSSR count). The molecule has 0 bridgehead atoms. The van der Waals surface area contributed by atoms with Crippen LogP contribution in [-0.2, 0) is 0 Å². The van der Waals surface area contributed by atoms with Crippen molar-refractivity contribution in [3.63, 3.8) is 0 Å². The summed E-state index contributed by atoms with van der Waals surface area (Å²) in [5.41, 5.74) is 4.36. The molecule has 7 aromatic carbocycles. The van der Waals surface area contributed by atoms with Crippen molar-refractivity contribution < 1.29 is 19.8 Å². The van der Waals surface area contributed by atoms with Gasteiger partial charge in [0.1, 0.15) is 11.9 Å². The second-order valence-electron chi connectivity index (χ2n) is 11.3. The molecule has 1 aliphatic carbocycles. The Labute approximate surface area is 279 Å². The largest absolute Gasteiger partial charge is 0.489 e. The van der Waals surface area contributed by atoms with Crippen LogP contribution in [0.4, 0.5) is 0 Å². The predicted octanol–water partition coefficient (Wildman–Crippen LogP) is 11.7. The van der Waals surface area contributed by atoms with E-state index in [-0.39, 0.29) is 22.9 Å². The maximum atomic E-state index is 9.80. The van der Waals surface area contributed by atoms with Gasteiger partial charge >= 0.3 is 0 Å². The molecule has 0 aromatic heterocycles. The standard InChI is InChI=1S/C44H32O/c1-3-12-29(13-4-1)31-16-11-17-33(26-31)43-36-18-7-9-20-38(36)44(39-21-10-8-19-37(39)43)34-23-25-41-40(27-34)35-24-22-32(28-42(35)45-41)30-14-5-2-6-15-30/h1-22,24,26-28,40-41H,23,25H2/i2D,5D,6D,14D,15D,22D,23D,24D,25D,27D,28D. The fraction of sp³-hybridized carbons (Fsp3) is 0.0909. The summed E-state index contributed by atoms with van der Waals surface area (Å²) in [6.07, 6.45) is -3.67. The molecule has 7 aromatic rings. The zero-order valence-electron chi connectivity index (χ0n) is 35.0. The van der Waals surface area contributed by atoms with Crippen molar-refractivity contribution in [1.82, 2.24) is 0 Å². The van der Waals surface area contributed by atoms with E-state index in [4.69, 9.17) is 13.0 Å². The van der Waals surface area contributed by atoms with E-state index in [0.29, 0.717) is 11.1 Å². The van der Waals surface area contributed by atoms with Crippen LogP contribution in [0.5, 0.6) is 5.75 Å². The molecule has 0 amide bonds. The lowest BCUT2D eigenvalue weighted by atomic mass is 9.78. The van der Waals surface area contributed by atoms with E-state index in [0.717, 1.165) is 43.8 Å². The van der Waals surface area contributed by atoms with Crippen molar-refractivity contribution in [3.05, 3.63) is 169 Å². The summed E-state index contributed by atoms with van der Waals surface area (Å²) in [7, 11) is 0. The highest BCUT2D eigenvalue weighted by Gasteiger charge is 2.36. The summed E-state index contributed by atoms with van der Waals surface area (Å²) in [5.74, 6) is -1.25. The molecule has 0 fully saturated rings. The smallest absolute Gasteiger partial charge is 0.124 e. The molecule has 214 valence electrons. The first-order valence-corrected chi connectivity index (χ1v) is 14.9.